The van der Waals surface area contributed by atoms with Crippen LogP contribution in [0.25, 0.3) is 0 Å². The minimum Gasteiger partial charge on any atom is -0.493 e. The standard InChI is InChI=1S/C14H20BrNO3.ClH/c1-18-11-6-9(10(15)7-12(11)19-2)13(16)14(17)8-4-3-5-8;/h6-8,13-14,17H,3-5,16H2,1-2H3;1H/t13-,14+;/m0./s1. The largest absolute Gasteiger partial charge is 0.493 e. The van der Waals surface area contributed by atoms with E-state index >= 15 is 0 Å². The molecule has 6 heteroatoms. The summed E-state index contributed by atoms with van der Waals surface area (Å²) < 4.78 is 11.3. The number of hydrogen-bond acceptors (Lipinski definition) is 4. The number of hydrogen-bond donors (Lipinski definition) is 2. The van der Waals surface area contributed by atoms with Gasteiger partial charge in [0.25, 0.3) is 0 Å². The first kappa shape index (κ1) is 17.6. The Bertz CT molecular complexity index is 454. The van der Waals surface area contributed by atoms with E-state index in [0.717, 1.165) is 22.9 Å². The molecule has 1 aromatic rings. The normalized spacial score (nSPS) is 17.6. The molecule has 2 rings (SSSR count). The average Bonchev–Trinajstić information content (AvgIpc) is 2.35. The predicted octanol–water partition coefficient (Wildman–Crippen LogP) is 3.05. The molecule has 1 fully saturated rings. The zero-order chi connectivity index (χ0) is 14.0. The molecule has 1 aliphatic carbocycles. The third-order valence-corrected chi connectivity index (χ3v) is 4.55. The van der Waals surface area contributed by atoms with Crippen molar-refractivity contribution in [3.63, 3.8) is 0 Å². The molecule has 1 aliphatic rings. The zero-order valence-corrected chi connectivity index (χ0v) is 14.0. The summed E-state index contributed by atoms with van der Waals surface area (Å²) in [4.78, 5) is 0. The first-order chi connectivity index (χ1) is 9.08. The van der Waals surface area contributed by atoms with Gasteiger partial charge < -0.3 is 20.3 Å². The lowest BCUT2D eigenvalue weighted by Crippen LogP contribution is -2.36. The predicted molar refractivity (Wildman–Crippen MR) is 84.8 cm³/mol. The summed E-state index contributed by atoms with van der Waals surface area (Å²) in [5.41, 5.74) is 7.03. The van der Waals surface area contributed by atoms with Crippen molar-refractivity contribution < 1.29 is 14.6 Å². The molecule has 0 heterocycles. The summed E-state index contributed by atoms with van der Waals surface area (Å²) in [6.45, 7) is 0. The molecule has 1 saturated carbocycles. The molecule has 114 valence electrons. The van der Waals surface area contributed by atoms with Crippen LogP contribution < -0.4 is 15.2 Å². The number of ether oxygens (including phenoxy) is 2. The molecule has 4 nitrogen and oxygen atoms in total. The first-order valence-corrected chi connectivity index (χ1v) is 7.22. The lowest BCUT2D eigenvalue weighted by molar-refractivity contribution is 0.0411. The van der Waals surface area contributed by atoms with Crippen LogP contribution in [-0.2, 0) is 0 Å². The Kier molecular flexibility index (Phi) is 6.58. The molecule has 0 saturated heterocycles. The fourth-order valence-corrected chi connectivity index (χ4v) is 2.97. The quantitative estimate of drug-likeness (QED) is 0.840. The minimum absolute atomic E-state index is 0. The van der Waals surface area contributed by atoms with E-state index in [4.69, 9.17) is 15.2 Å². The molecule has 0 unspecified atom stereocenters. The third kappa shape index (κ3) is 3.39. The van der Waals surface area contributed by atoms with Gasteiger partial charge in [-0.15, -0.1) is 12.4 Å². The first-order valence-electron chi connectivity index (χ1n) is 6.43. The molecule has 0 amide bonds. The van der Waals surface area contributed by atoms with Crippen molar-refractivity contribution in [2.75, 3.05) is 14.2 Å². The van der Waals surface area contributed by atoms with Crippen LogP contribution in [0.3, 0.4) is 0 Å². The van der Waals surface area contributed by atoms with Crippen LogP contribution in [0, 0.1) is 5.92 Å². The number of rotatable bonds is 5. The van der Waals surface area contributed by atoms with Gasteiger partial charge in [-0.05, 0) is 36.5 Å². The van der Waals surface area contributed by atoms with Gasteiger partial charge in [0.1, 0.15) is 0 Å². The molecule has 20 heavy (non-hydrogen) atoms. The maximum absolute atomic E-state index is 10.3. The van der Waals surface area contributed by atoms with E-state index in [1.165, 1.54) is 6.42 Å². The fourth-order valence-electron chi connectivity index (χ4n) is 2.38. The van der Waals surface area contributed by atoms with E-state index in [1.54, 1.807) is 14.2 Å². The number of benzene rings is 1. The Balaban J connectivity index is 0.00000200. The highest BCUT2D eigenvalue weighted by Gasteiger charge is 2.32. The summed E-state index contributed by atoms with van der Waals surface area (Å²) in [7, 11) is 3.18. The number of aliphatic hydroxyl groups is 1. The van der Waals surface area contributed by atoms with E-state index < -0.39 is 12.1 Å². The van der Waals surface area contributed by atoms with Crippen molar-refractivity contribution in [1.82, 2.24) is 0 Å². The highest BCUT2D eigenvalue weighted by Crippen LogP contribution is 2.39. The fraction of sp³-hybridized carbons (Fsp3) is 0.571. The molecule has 1 aromatic carbocycles. The van der Waals surface area contributed by atoms with E-state index in [9.17, 15) is 5.11 Å². The van der Waals surface area contributed by atoms with E-state index in [2.05, 4.69) is 15.9 Å². The molecular formula is C14H21BrClNO3. The van der Waals surface area contributed by atoms with E-state index in [0.29, 0.717) is 17.4 Å². The van der Waals surface area contributed by atoms with Crippen LogP contribution in [0.4, 0.5) is 0 Å². The number of nitrogens with two attached hydrogens (primary N) is 1. The lowest BCUT2D eigenvalue weighted by Gasteiger charge is -2.34. The SMILES string of the molecule is COc1cc(Br)c([C@H](N)[C@H](O)C2CCC2)cc1OC.Cl. The van der Waals surface area contributed by atoms with Gasteiger partial charge in [-0.3, -0.25) is 0 Å². The Morgan fingerprint density at radius 2 is 1.80 bits per heavy atom. The van der Waals surface area contributed by atoms with Crippen LogP contribution in [0.1, 0.15) is 30.9 Å². The van der Waals surface area contributed by atoms with Crippen molar-refractivity contribution in [3.05, 3.63) is 22.2 Å². The summed E-state index contributed by atoms with van der Waals surface area (Å²) in [5, 5.41) is 10.3. The Hall–Kier alpha value is -0.490. The average molecular weight is 367 g/mol. The molecule has 0 radical (unpaired) electrons. The Labute approximate surface area is 134 Å². The van der Waals surface area contributed by atoms with Crippen LogP contribution in [0.5, 0.6) is 11.5 Å². The highest BCUT2D eigenvalue weighted by molar-refractivity contribution is 9.10. The van der Waals surface area contributed by atoms with Crippen molar-refractivity contribution in [2.45, 2.75) is 31.4 Å². The Morgan fingerprint density at radius 3 is 2.25 bits per heavy atom. The van der Waals surface area contributed by atoms with Gasteiger partial charge in [0.15, 0.2) is 11.5 Å². The smallest absolute Gasteiger partial charge is 0.161 e. The molecule has 0 aliphatic heterocycles. The molecular weight excluding hydrogens is 346 g/mol. The summed E-state index contributed by atoms with van der Waals surface area (Å²) >= 11 is 3.48. The molecule has 3 N–H and O–H groups in total. The molecule has 0 spiro atoms. The van der Waals surface area contributed by atoms with Crippen molar-refractivity contribution >= 4 is 28.3 Å². The second-order valence-corrected chi connectivity index (χ2v) is 5.79. The number of halogens is 2. The lowest BCUT2D eigenvalue weighted by atomic mass is 9.77. The van der Waals surface area contributed by atoms with Crippen LogP contribution >= 0.6 is 28.3 Å². The van der Waals surface area contributed by atoms with Crippen molar-refractivity contribution in [1.29, 1.82) is 0 Å². The second kappa shape index (κ2) is 7.50. The third-order valence-electron chi connectivity index (χ3n) is 3.86. The van der Waals surface area contributed by atoms with Crippen molar-refractivity contribution in [3.8, 4) is 11.5 Å². The van der Waals surface area contributed by atoms with Crippen LogP contribution in [0.15, 0.2) is 16.6 Å². The van der Waals surface area contributed by atoms with Crippen molar-refractivity contribution in [2.24, 2.45) is 11.7 Å². The van der Waals surface area contributed by atoms with E-state index in [1.807, 2.05) is 12.1 Å². The van der Waals surface area contributed by atoms with Gasteiger partial charge in [-0.25, -0.2) is 0 Å². The summed E-state index contributed by atoms with van der Waals surface area (Å²) in [6.07, 6.45) is 2.78. The second-order valence-electron chi connectivity index (χ2n) is 4.94. The number of aliphatic hydroxyl groups excluding tert-OH is 1. The van der Waals surface area contributed by atoms with Gasteiger partial charge in [-0.2, -0.15) is 0 Å². The van der Waals surface area contributed by atoms with Gasteiger partial charge in [0.2, 0.25) is 0 Å². The van der Waals surface area contributed by atoms with Gasteiger partial charge in [-0.1, -0.05) is 22.4 Å². The summed E-state index contributed by atoms with van der Waals surface area (Å²) in [6, 6.07) is 3.23. The summed E-state index contributed by atoms with van der Waals surface area (Å²) in [5.74, 6) is 1.58. The molecule has 0 bridgehead atoms. The maximum Gasteiger partial charge on any atom is 0.161 e. The van der Waals surface area contributed by atoms with Crippen LogP contribution in [0.2, 0.25) is 0 Å². The van der Waals surface area contributed by atoms with E-state index in [-0.39, 0.29) is 12.4 Å². The van der Waals surface area contributed by atoms with Crippen LogP contribution in [-0.4, -0.2) is 25.4 Å². The van der Waals surface area contributed by atoms with Gasteiger partial charge in [0, 0.05) is 4.47 Å². The monoisotopic (exact) mass is 365 g/mol. The maximum atomic E-state index is 10.3. The number of methoxy groups -OCH3 is 2. The topological polar surface area (TPSA) is 64.7 Å². The zero-order valence-electron chi connectivity index (χ0n) is 11.6. The highest BCUT2D eigenvalue weighted by atomic mass is 79.9. The van der Waals surface area contributed by atoms with Gasteiger partial charge in [0.05, 0.1) is 26.4 Å². The molecule has 0 aromatic heterocycles. The molecule has 2 atom stereocenters. The minimum atomic E-state index is -0.511. The Morgan fingerprint density at radius 1 is 1.25 bits per heavy atom. The van der Waals surface area contributed by atoms with Gasteiger partial charge >= 0.3 is 0 Å².